The van der Waals surface area contributed by atoms with Crippen LogP contribution in [0.4, 0.5) is 11.4 Å². The van der Waals surface area contributed by atoms with Crippen molar-refractivity contribution in [3.63, 3.8) is 0 Å². The van der Waals surface area contributed by atoms with Gasteiger partial charge in [0.1, 0.15) is 5.84 Å². The lowest BCUT2D eigenvalue weighted by atomic mass is 9.78. The molecule has 1 aliphatic carbocycles. The first-order chi connectivity index (χ1) is 14.4. The Labute approximate surface area is 181 Å². The number of hydrogen-bond acceptors (Lipinski definition) is 4. The minimum absolute atomic E-state index is 0.108. The molecule has 2 aromatic carbocycles. The summed E-state index contributed by atoms with van der Waals surface area (Å²) < 4.78 is 0. The van der Waals surface area contributed by atoms with Crippen LogP contribution in [0.5, 0.6) is 0 Å². The molecule has 0 saturated heterocycles. The number of hydrogen-bond donors (Lipinski definition) is 2. The SMILES string of the molecule is CC(=O)c1cc2c(cc1C(C)=O)NC1(CCCCC1)C(=NCc1cccc(Cl)c1)N2. The third-order valence-corrected chi connectivity index (χ3v) is 6.25. The molecule has 1 aliphatic heterocycles. The first kappa shape index (κ1) is 20.6. The molecule has 0 amide bonds. The van der Waals surface area contributed by atoms with E-state index in [0.29, 0.717) is 22.7 Å². The molecule has 156 valence electrons. The van der Waals surface area contributed by atoms with Gasteiger partial charge in [-0.15, -0.1) is 0 Å². The number of anilines is 2. The molecule has 5 nitrogen and oxygen atoms in total. The Morgan fingerprint density at radius 3 is 2.30 bits per heavy atom. The van der Waals surface area contributed by atoms with Gasteiger partial charge in [0, 0.05) is 16.1 Å². The number of nitrogens with one attached hydrogen (secondary N) is 2. The van der Waals surface area contributed by atoms with Crippen molar-refractivity contribution in [2.24, 2.45) is 4.99 Å². The molecule has 0 radical (unpaired) electrons. The Balaban J connectivity index is 1.75. The number of halogens is 1. The van der Waals surface area contributed by atoms with Crippen LogP contribution in [0.1, 0.15) is 72.2 Å². The molecule has 4 rings (SSSR count). The van der Waals surface area contributed by atoms with Gasteiger partial charge >= 0.3 is 0 Å². The summed E-state index contributed by atoms with van der Waals surface area (Å²) >= 11 is 6.13. The number of ketones is 2. The second-order valence-corrected chi connectivity index (χ2v) is 8.68. The van der Waals surface area contributed by atoms with Gasteiger partial charge in [0.05, 0.1) is 23.5 Å². The lowest BCUT2D eigenvalue weighted by molar-refractivity contribution is 0.0981. The standard InChI is InChI=1S/C24H26ClN3O2/c1-15(29)19-12-21-22(13-20(19)16(2)30)28-24(9-4-3-5-10-24)23(27-21)26-14-17-7-6-8-18(25)11-17/h6-8,11-13,28H,3-5,9-10,14H2,1-2H3,(H,26,27). The Kier molecular flexibility index (Phi) is 5.65. The number of aliphatic imine (C=N–C) groups is 1. The molecule has 1 saturated carbocycles. The number of rotatable bonds is 4. The Morgan fingerprint density at radius 2 is 1.67 bits per heavy atom. The van der Waals surface area contributed by atoms with Crippen LogP contribution in [-0.4, -0.2) is 22.9 Å². The van der Waals surface area contributed by atoms with Crippen LogP contribution < -0.4 is 10.6 Å². The minimum atomic E-state index is -0.282. The number of benzene rings is 2. The van der Waals surface area contributed by atoms with Crippen molar-refractivity contribution in [3.05, 3.63) is 58.1 Å². The van der Waals surface area contributed by atoms with Gasteiger partial charge in [0.25, 0.3) is 0 Å². The van der Waals surface area contributed by atoms with Gasteiger partial charge in [-0.1, -0.05) is 43.0 Å². The van der Waals surface area contributed by atoms with Crippen molar-refractivity contribution in [3.8, 4) is 0 Å². The largest absolute Gasteiger partial charge is 0.371 e. The van der Waals surface area contributed by atoms with Gasteiger partial charge in [-0.05, 0) is 56.5 Å². The van der Waals surface area contributed by atoms with E-state index >= 15 is 0 Å². The fourth-order valence-electron chi connectivity index (χ4n) is 4.47. The number of amidine groups is 1. The lowest BCUT2D eigenvalue weighted by Gasteiger charge is -2.44. The fraction of sp³-hybridized carbons (Fsp3) is 0.375. The molecule has 1 heterocycles. The van der Waals surface area contributed by atoms with E-state index in [-0.39, 0.29) is 17.1 Å². The highest BCUT2D eigenvalue weighted by Crippen LogP contribution is 2.41. The average molecular weight is 424 g/mol. The van der Waals surface area contributed by atoms with Crippen LogP contribution in [-0.2, 0) is 6.54 Å². The summed E-state index contributed by atoms with van der Waals surface area (Å²) in [6.45, 7) is 3.51. The number of carbonyl (C=O) groups excluding carboxylic acids is 2. The average Bonchev–Trinajstić information content (AvgIpc) is 2.72. The van der Waals surface area contributed by atoms with Crippen molar-refractivity contribution in [2.75, 3.05) is 10.6 Å². The molecule has 0 aromatic heterocycles. The van der Waals surface area contributed by atoms with E-state index in [0.717, 1.165) is 48.5 Å². The summed E-state index contributed by atoms with van der Waals surface area (Å²) in [6.07, 6.45) is 5.38. The van der Waals surface area contributed by atoms with E-state index < -0.39 is 0 Å². The molecular formula is C24H26ClN3O2. The van der Waals surface area contributed by atoms with E-state index in [9.17, 15) is 9.59 Å². The first-order valence-electron chi connectivity index (χ1n) is 10.4. The van der Waals surface area contributed by atoms with Crippen LogP contribution in [0.15, 0.2) is 41.4 Å². The number of Topliss-reactive ketones (excluding diaryl/α,β-unsaturated/α-hetero) is 2. The Morgan fingerprint density at radius 1 is 1.00 bits per heavy atom. The first-order valence-corrected chi connectivity index (χ1v) is 10.8. The summed E-state index contributed by atoms with van der Waals surface area (Å²) in [7, 11) is 0. The van der Waals surface area contributed by atoms with Gasteiger partial charge in [-0.2, -0.15) is 0 Å². The van der Waals surface area contributed by atoms with Gasteiger partial charge in [-0.3, -0.25) is 14.6 Å². The summed E-state index contributed by atoms with van der Waals surface area (Å²) in [5.41, 5.74) is 3.30. The van der Waals surface area contributed by atoms with Crippen molar-refractivity contribution in [1.82, 2.24) is 0 Å². The minimum Gasteiger partial charge on any atom is -0.371 e. The zero-order valence-corrected chi connectivity index (χ0v) is 18.1. The van der Waals surface area contributed by atoms with Crippen molar-refractivity contribution < 1.29 is 9.59 Å². The maximum absolute atomic E-state index is 12.1. The topological polar surface area (TPSA) is 70.6 Å². The van der Waals surface area contributed by atoms with Crippen LogP contribution in [0, 0.1) is 0 Å². The van der Waals surface area contributed by atoms with E-state index in [1.807, 2.05) is 30.3 Å². The fourth-order valence-corrected chi connectivity index (χ4v) is 4.68. The highest BCUT2D eigenvalue weighted by atomic mass is 35.5. The van der Waals surface area contributed by atoms with E-state index in [2.05, 4.69) is 10.6 Å². The third kappa shape index (κ3) is 3.99. The smallest absolute Gasteiger partial charge is 0.160 e. The summed E-state index contributed by atoms with van der Waals surface area (Å²) in [5, 5.41) is 7.88. The molecule has 2 aliphatic rings. The van der Waals surface area contributed by atoms with Crippen LogP contribution in [0.2, 0.25) is 5.02 Å². The van der Waals surface area contributed by atoms with Crippen molar-refractivity contribution in [1.29, 1.82) is 0 Å². The van der Waals surface area contributed by atoms with Crippen molar-refractivity contribution >= 4 is 40.4 Å². The van der Waals surface area contributed by atoms with Gasteiger partial charge in [0.2, 0.25) is 0 Å². The quantitative estimate of drug-likeness (QED) is 0.602. The van der Waals surface area contributed by atoms with Gasteiger partial charge in [-0.25, -0.2) is 0 Å². The molecule has 0 unspecified atom stereocenters. The Hall–Kier alpha value is -2.66. The monoisotopic (exact) mass is 423 g/mol. The maximum atomic E-state index is 12.1. The zero-order valence-electron chi connectivity index (χ0n) is 17.3. The second kappa shape index (κ2) is 8.23. The van der Waals surface area contributed by atoms with Gasteiger partial charge < -0.3 is 10.6 Å². The molecule has 1 spiro atoms. The number of fused-ring (bicyclic) bond motifs is 1. The summed E-state index contributed by atoms with van der Waals surface area (Å²) in [6, 6.07) is 11.3. The van der Waals surface area contributed by atoms with Crippen LogP contribution >= 0.6 is 11.6 Å². The lowest BCUT2D eigenvalue weighted by Crippen LogP contribution is -2.53. The van der Waals surface area contributed by atoms with E-state index in [1.165, 1.54) is 20.3 Å². The summed E-state index contributed by atoms with van der Waals surface area (Å²) in [4.78, 5) is 29.2. The Bertz CT molecular complexity index is 1040. The molecular weight excluding hydrogens is 398 g/mol. The van der Waals surface area contributed by atoms with Crippen molar-refractivity contribution in [2.45, 2.75) is 58.0 Å². The highest BCUT2D eigenvalue weighted by Gasteiger charge is 2.41. The van der Waals surface area contributed by atoms with Crippen LogP contribution in [0.3, 0.4) is 0 Å². The molecule has 2 N–H and O–H groups in total. The predicted molar refractivity (Wildman–Crippen MR) is 122 cm³/mol. The third-order valence-electron chi connectivity index (χ3n) is 6.01. The molecule has 0 atom stereocenters. The number of nitrogens with zero attached hydrogens (tertiary/aromatic N) is 1. The normalized spacial score (nSPS) is 18.4. The maximum Gasteiger partial charge on any atom is 0.160 e. The van der Waals surface area contributed by atoms with E-state index in [1.54, 1.807) is 6.07 Å². The molecule has 1 fully saturated rings. The highest BCUT2D eigenvalue weighted by molar-refractivity contribution is 6.30. The predicted octanol–water partition coefficient (Wildman–Crippen LogP) is 5.88. The molecule has 30 heavy (non-hydrogen) atoms. The van der Waals surface area contributed by atoms with E-state index in [4.69, 9.17) is 16.6 Å². The zero-order chi connectivity index (χ0) is 21.3. The number of carbonyl (C=O) groups is 2. The second-order valence-electron chi connectivity index (χ2n) is 8.24. The van der Waals surface area contributed by atoms with Gasteiger partial charge in [0.15, 0.2) is 11.6 Å². The molecule has 2 aromatic rings. The molecule has 0 bridgehead atoms. The summed E-state index contributed by atoms with van der Waals surface area (Å²) in [5.74, 6) is 0.655. The molecule has 6 heteroatoms. The van der Waals surface area contributed by atoms with Crippen LogP contribution in [0.25, 0.3) is 0 Å².